The molecular formula is C13H18F3N3O5S. The van der Waals surface area contributed by atoms with Gasteiger partial charge < -0.3 is 14.2 Å². The first kappa shape index (κ1) is 19.3. The Bertz CT molecular complexity index is 767. The molecule has 1 amide bonds. The van der Waals surface area contributed by atoms with Crippen LogP contribution in [0, 0.1) is 5.41 Å². The molecule has 1 unspecified atom stereocenters. The molecule has 0 aliphatic carbocycles. The molecule has 0 saturated heterocycles. The minimum absolute atomic E-state index is 0.0135. The van der Waals surface area contributed by atoms with E-state index in [9.17, 15) is 31.5 Å². The quantitative estimate of drug-likeness (QED) is 0.611. The van der Waals surface area contributed by atoms with E-state index in [2.05, 4.69) is 14.4 Å². The van der Waals surface area contributed by atoms with Crippen molar-refractivity contribution in [3.05, 3.63) is 11.3 Å². The lowest BCUT2D eigenvalue weighted by Gasteiger charge is -2.36. The van der Waals surface area contributed by atoms with Crippen LogP contribution < -0.4 is 4.18 Å². The van der Waals surface area contributed by atoms with Crippen molar-refractivity contribution in [3.8, 4) is 5.88 Å². The Morgan fingerprint density at radius 1 is 1.40 bits per heavy atom. The van der Waals surface area contributed by atoms with Crippen molar-refractivity contribution in [3.63, 3.8) is 0 Å². The fourth-order valence-corrected chi connectivity index (χ4v) is 3.13. The predicted octanol–water partition coefficient (Wildman–Crippen LogP) is 2.48. The van der Waals surface area contributed by atoms with Crippen LogP contribution >= 0.6 is 0 Å². The van der Waals surface area contributed by atoms with E-state index in [1.165, 1.54) is 0 Å². The summed E-state index contributed by atoms with van der Waals surface area (Å²) in [6, 6.07) is -0.419. The third-order valence-corrected chi connectivity index (χ3v) is 4.63. The maximum absolute atomic E-state index is 12.5. The second-order valence-corrected chi connectivity index (χ2v) is 8.54. The average Bonchev–Trinajstić information content (AvgIpc) is 2.76. The van der Waals surface area contributed by atoms with Crippen LogP contribution in [-0.4, -0.2) is 46.3 Å². The molecule has 12 heteroatoms. The first-order chi connectivity index (χ1) is 11.2. The average molecular weight is 385 g/mol. The second kappa shape index (κ2) is 6.07. The molecule has 1 aliphatic rings. The van der Waals surface area contributed by atoms with Crippen LogP contribution in [0.3, 0.4) is 0 Å². The topological polar surface area (TPSA) is 113 Å². The maximum atomic E-state index is 12.5. The van der Waals surface area contributed by atoms with Gasteiger partial charge in [0.25, 0.3) is 5.88 Å². The molecule has 1 aromatic rings. The molecule has 1 aromatic heterocycles. The summed E-state index contributed by atoms with van der Waals surface area (Å²) in [6.07, 6.45) is -0.582. The molecule has 0 saturated carbocycles. The Hall–Kier alpha value is -1.98. The number of alkyl halides is 3. The number of carbonyl (C=O) groups is 1. The highest BCUT2D eigenvalue weighted by Gasteiger charge is 2.49. The fourth-order valence-electron chi connectivity index (χ4n) is 2.69. The summed E-state index contributed by atoms with van der Waals surface area (Å²) in [5.41, 5.74) is -5.44. The van der Waals surface area contributed by atoms with Crippen LogP contribution in [0.4, 0.5) is 18.0 Å². The van der Waals surface area contributed by atoms with Crippen LogP contribution in [-0.2, 0) is 23.1 Å². The monoisotopic (exact) mass is 385 g/mol. The molecule has 2 rings (SSSR count). The standard InChI is InChI=1S/C13H18F3N3O5S/c1-12(2,3)5-7-4-9-8(6-19(7)11(20)21)10(18-17-9)24-25(22,23)13(14,15)16/h7H,4-6H2,1-3H3,(H,17,18)(H,20,21). The number of aromatic amines is 1. The molecule has 0 bridgehead atoms. The number of fused-ring (bicyclic) bond motifs is 1. The van der Waals surface area contributed by atoms with Crippen molar-refractivity contribution < 1.29 is 35.7 Å². The smallest absolute Gasteiger partial charge is 0.465 e. The van der Waals surface area contributed by atoms with Gasteiger partial charge in [-0.1, -0.05) is 20.8 Å². The Labute approximate surface area is 142 Å². The summed E-state index contributed by atoms with van der Waals surface area (Å²) in [7, 11) is -5.88. The third kappa shape index (κ3) is 4.17. The fraction of sp³-hybridized carbons (Fsp3) is 0.692. The summed E-state index contributed by atoms with van der Waals surface area (Å²) >= 11 is 0. The van der Waals surface area contributed by atoms with Gasteiger partial charge in [0.1, 0.15) is 0 Å². The van der Waals surface area contributed by atoms with Gasteiger partial charge in [0.05, 0.1) is 12.1 Å². The van der Waals surface area contributed by atoms with Crippen LogP contribution in [0.2, 0.25) is 0 Å². The van der Waals surface area contributed by atoms with Gasteiger partial charge in [0.15, 0.2) is 0 Å². The first-order valence-electron chi connectivity index (χ1n) is 7.28. The third-order valence-electron chi connectivity index (χ3n) is 3.69. The van der Waals surface area contributed by atoms with Crippen LogP contribution in [0.25, 0.3) is 0 Å². The molecule has 8 nitrogen and oxygen atoms in total. The Balaban J connectivity index is 2.33. The highest BCUT2D eigenvalue weighted by atomic mass is 32.2. The highest BCUT2D eigenvalue weighted by molar-refractivity contribution is 7.87. The van der Waals surface area contributed by atoms with Gasteiger partial charge in [0, 0.05) is 18.2 Å². The molecule has 25 heavy (non-hydrogen) atoms. The minimum atomic E-state index is -5.88. The van der Waals surface area contributed by atoms with E-state index in [1.807, 2.05) is 20.8 Å². The molecule has 2 heterocycles. The van der Waals surface area contributed by atoms with Crippen LogP contribution in [0.1, 0.15) is 38.4 Å². The first-order valence-corrected chi connectivity index (χ1v) is 8.68. The number of hydrogen-bond acceptors (Lipinski definition) is 5. The molecule has 1 aliphatic heterocycles. The highest BCUT2D eigenvalue weighted by Crippen LogP contribution is 2.35. The molecule has 0 aromatic carbocycles. The van der Waals surface area contributed by atoms with Crippen molar-refractivity contribution in [2.45, 2.75) is 51.7 Å². The molecule has 0 spiro atoms. The number of nitrogens with one attached hydrogen (secondary N) is 1. The largest absolute Gasteiger partial charge is 0.534 e. The van der Waals surface area contributed by atoms with E-state index in [1.54, 1.807) is 0 Å². The normalized spacial score (nSPS) is 18.8. The lowest BCUT2D eigenvalue weighted by Crippen LogP contribution is -2.45. The Kier molecular flexibility index (Phi) is 4.70. The zero-order valence-corrected chi connectivity index (χ0v) is 14.5. The Morgan fingerprint density at radius 3 is 2.48 bits per heavy atom. The summed E-state index contributed by atoms with van der Waals surface area (Å²) < 4.78 is 63.7. The van der Waals surface area contributed by atoms with Gasteiger partial charge in [-0.05, 0) is 11.8 Å². The zero-order chi connectivity index (χ0) is 19.2. The zero-order valence-electron chi connectivity index (χ0n) is 13.7. The maximum Gasteiger partial charge on any atom is 0.534 e. The van der Waals surface area contributed by atoms with Gasteiger partial charge in [-0.3, -0.25) is 5.10 Å². The molecule has 2 N–H and O–H groups in total. The van der Waals surface area contributed by atoms with E-state index in [0.717, 1.165) is 4.90 Å². The van der Waals surface area contributed by atoms with Crippen LogP contribution in [0.15, 0.2) is 0 Å². The number of aromatic nitrogens is 2. The molecule has 0 fully saturated rings. The van der Waals surface area contributed by atoms with Gasteiger partial charge in [-0.25, -0.2) is 4.79 Å². The van der Waals surface area contributed by atoms with E-state index in [0.29, 0.717) is 12.1 Å². The van der Waals surface area contributed by atoms with Gasteiger partial charge in [-0.2, -0.15) is 21.6 Å². The molecular weight excluding hydrogens is 367 g/mol. The SMILES string of the molecule is CC(C)(C)CC1Cc2[nH]nc(OS(=O)(=O)C(F)(F)F)c2CN1C(=O)O. The number of rotatable bonds is 3. The van der Waals surface area contributed by atoms with Crippen molar-refractivity contribution in [1.82, 2.24) is 15.1 Å². The van der Waals surface area contributed by atoms with Crippen molar-refractivity contribution in [2.24, 2.45) is 5.41 Å². The number of amides is 1. The molecule has 0 radical (unpaired) electrons. The summed E-state index contributed by atoms with van der Waals surface area (Å²) in [5, 5.41) is 15.3. The van der Waals surface area contributed by atoms with E-state index >= 15 is 0 Å². The lowest BCUT2D eigenvalue weighted by molar-refractivity contribution is -0.0502. The lowest BCUT2D eigenvalue weighted by atomic mass is 9.84. The van der Waals surface area contributed by atoms with E-state index < -0.39 is 33.6 Å². The number of carboxylic acid groups (broad SMARTS) is 1. The molecule has 142 valence electrons. The van der Waals surface area contributed by atoms with Crippen molar-refractivity contribution >= 4 is 16.2 Å². The van der Waals surface area contributed by atoms with E-state index in [4.69, 9.17) is 0 Å². The predicted molar refractivity (Wildman–Crippen MR) is 79.3 cm³/mol. The minimum Gasteiger partial charge on any atom is -0.465 e. The summed E-state index contributed by atoms with van der Waals surface area (Å²) in [4.78, 5) is 12.5. The van der Waals surface area contributed by atoms with Crippen LogP contribution in [0.5, 0.6) is 5.88 Å². The van der Waals surface area contributed by atoms with Gasteiger partial charge in [0.2, 0.25) is 0 Å². The van der Waals surface area contributed by atoms with E-state index in [-0.39, 0.29) is 23.9 Å². The summed E-state index contributed by atoms with van der Waals surface area (Å²) in [5.74, 6) is -0.784. The van der Waals surface area contributed by atoms with Gasteiger partial charge in [-0.15, -0.1) is 5.10 Å². The number of nitrogens with zero attached hydrogens (tertiary/aromatic N) is 2. The van der Waals surface area contributed by atoms with Crippen molar-refractivity contribution in [2.75, 3.05) is 0 Å². The molecule has 1 atom stereocenters. The second-order valence-electron chi connectivity index (χ2n) is 7.00. The van der Waals surface area contributed by atoms with Gasteiger partial charge >= 0.3 is 21.7 Å². The Morgan fingerprint density at radius 2 is 2.00 bits per heavy atom. The summed E-state index contributed by atoms with van der Waals surface area (Å²) in [6.45, 7) is 5.48. The number of hydrogen-bond donors (Lipinski definition) is 2. The number of halogens is 3. The van der Waals surface area contributed by atoms with Crippen molar-refractivity contribution in [1.29, 1.82) is 0 Å². The number of H-pyrrole nitrogens is 1.